The van der Waals surface area contributed by atoms with Crippen molar-refractivity contribution in [2.75, 3.05) is 18.5 Å². The summed E-state index contributed by atoms with van der Waals surface area (Å²) in [4.78, 5) is 36.0. The van der Waals surface area contributed by atoms with Gasteiger partial charge in [-0.2, -0.15) is 0 Å². The highest BCUT2D eigenvalue weighted by Gasteiger charge is 2.59. The largest absolute Gasteiger partial charge is 0.334 e. The maximum atomic E-state index is 13.6. The van der Waals surface area contributed by atoms with Crippen molar-refractivity contribution in [3.63, 3.8) is 0 Å². The third-order valence-corrected chi connectivity index (χ3v) is 6.21. The highest BCUT2D eigenvalue weighted by atomic mass is 79.9. The zero-order valence-corrected chi connectivity index (χ0v) is 17.7. The van der Waals surface area contributed by atoms with Gasteiger partial charge in [0, 0.05) is 25.0 Å². The molecule has 2 unspecified atom stereocenters. The van der Waals surface area contributed by atoms with E-state index < -0.39 is 17.7 Å². The predicted octanol–water partition coefficient (Wildman–Crippen LogP) is 2.75. The molecule has 1 aromatic heterocycles. The van der Waals surface area contributed by atoms with Gasteiger partial charge in [-0.05, 0) is 41.9 Å². The van der Waals surface area contributed by atoms with E-state index in [2.05, 4.69) is 32.8 Å². The molecule has 2 aromatic rings. The molecular formula is C20H20BrN5O2. The lowest BCUT2D eigenvalue weighted by atomic mass is 9.97. The van der Waals surface area contributed by atoms with Gasteiger partial charge in [-0.25, -0.2) is 14.7 Å². The third kappa shape index (κ3) is 2.39. The molecule has 0 aliphatic carbocycles. The lowest BCUT2D eigenvalue weighted by molar-refractivity contribution is -0.126. The molecule has 3 heterocycles. The Hall–Kier alpha value is -2.79. The summed E-state index contributed by atoms with van der Waals surface area (Å²) < 4.78 is 2.39. The first-order valence-electron chi connectivity index (χ1n) is 8.89. The first kappa shape index (κ1) is 18.6. The minimum absolute atomic E-state index is 0.312. The predicted molar refractivity (Wildman–Crippen MR) is 112 cm³/mol. The van der Waals surface area contributed by atoms with Crippen LogP contribution in [-0.4, -0.2) is 56.3 Å². The van der Waals surface area contributed by atoms with Crippen molar-refractivity contribution in [1.82, 2.24) is 14.4 Å². The molecule has 1 saturated heterocycles. The molecular weight excluding hydrogens is 422 g/mol. The SMILES string of the molecule is CC#CCN1C(Br)=NC2(C)C1C(=O)N(c1cc3ccccc3n1C)C(=O)N2C. The number of amides is 3. The molecule has 0 N–H and O–H groups in total. The molecule has 7 nitrogen and oxygen atoms in total. The lowest BCUT2D eigenvalue weighted by Crippen LogP contribution is -2.70. The molecule has 3 amide bonds. The Balaban J connectivity index is 1.84. The van der Waals surface area contributed by atoms with E-state index in [4.69, 9.17) is 0 Å². The highest BCUT2D eigenvalue weighted by Crippen LogP contribution is 2.40. The molecule has 1 fully saturated rings. The van der Waals surface area contributed by atoms with Crippen LogP contribution in [0, 0.1) is 11.8 Å². The van der Waals surface area contributed by atoms with Crippen molar-refractivity contribution < 1.29 is 9.59 Å². The Labute approximate surface area is 171 Å². The maximum Gasteiger partial charge on any atom is 0.334 e. The fraction of sp³-hybridized carbons (Fsp3) is 0.350. The van der Waals surface area contributed by atoms with Gasteiger partial charge in [0.15, 0.2) is 16.4 Å². The topological polar surface area (TPSA) is 61.2 Å². The number of halogens is 1. The number of imide groups is 1. The van der Waals surface area contributed by atoms with Crippen molar-refractivity contribution in [2.24, 2.45) is 12.0 Å². The van der Waals surface area contributed by atoms with E-state index in [1.807, 2.05) is 41.9 Å². The molecule has 2 atom stereocenters. The van der Waals surface area contributed by atoms with Gasteiger partial charge >= 0.3 is 6.03 Å². The summed E-state index contributed by atoms with van der Waals surface area (Å²) in [6, 6.07) is 8.59. The van der Waals surface area contributed by atoms with Gasteiger partial charge < -0.3 is 9.47 Å². The van der Waals surface area contributed by atoms with Crippen LogP contribution in [0.4, 0.5) is 10.6 Å². The molecule has 4 rings (SSSR count). The monoisotopic (exact) mass is 441 g/mol. The number of carbonyl (C=O) groups excluding carboxylic acids is 2. The van der Waals surface area contributed by atoms with Gasteiger partial charge in [0.05, 0.1) is 6.54 Å². The van der Waals surface area contributed by atoms with Crippen molar-refractivity contribution in [3.05, 3.63) is 30.3 Å². The van der Waals surface area contributed by atoms with Crippen LogP contribution in [-0.2, 0) is 11.8 Å². The number of anilines is 1. The lowest BCUT2D eigenvalue weighted by Gasteiger charge is -2.46. The average Bonchev–Trinajstić information content (AvgIpc) is 3.13. The van der Waals surface area contributed by atoms with Gasteiger partial charge in [0.25, 0.3) is 5.91 Å². The Morgan fingerprint density at radius 3 is 2.64 bits per heavy atom. The summed E-state index contributed by atoms with van der Waals surface area (Å²) in [5.41, 5.74) is -0.0459. The van der Waals surface area contributed by atoms with Crippen molar-refractivity contribution in [1.29, 1.82) is 0 Å². The van der Waals surface area contributed by atoms with Crippen LogP contribution in [0.25, 0.3) is 10.9 Å². The number of nitrogens with zero attached hydrogens (tertiary/aromatic N) is 5. The van der Waals surface area contributed by atoms with Crippen LogP contribution in [0.5, 0.6) is 0 Å². The number of fused-ring (bicyclic) bond motifs is 2. The van der Waals surface area contributed by atoms with E-state index in [1.165, 1.54) is 9.80 Å². The van der Waals surface area contributed by atoms with Crippen LogP contribution in [0.2, 0.25) is 0 Å². The molecule has 0 radical (unpaired) electrons. The Morgan fingerprint density at radius 2 is 1.96 bits per heavy atom. The molecule has 2 aliphatic heterocycles. The molecule has 144 valence electrons. The molecule has 2 aliphatic rings. The van der Waals surface area contributed by atoms with Gasteiger partial charge in [-0.15, -0.1) is 5.92 Å². The number of para-hydroxylation sites is 1. The standard InChI is InChI=1S/C20H20BrN5O2/c1-5-6-11-25-16-17(27)26(19(28)24(4)20(16,2)22-18(25)21)15-12-13-9-7-8-10-14(13)23(15)3/h7-10,12,16H,11H2,1-4H3. The highest BCUT2D eigenvalue weighted by molar-refractivity contribution is 9.18. The van der Waals surface area contributed by atoms with Crippen molar-refractivity contribution >= 4 is 49.3 Å². The van der Waals surface area contributed by atoms with Gasteiger partial charge in [-0.3, -0.25) is 9.69 Å². The van der Waals surface area contributed by atoms with E-state index in [1.54, 1.807) is 25.8 Å². The average molecular weight is 442 g/mol. The van der Waals surface area contributed by atoms with Crippen molar-refractivity contribution in [2.45, 2.75) is 25.6 Å². The molecule has 28 heavy (non-hydrogen) atoms. The minimum Gasteiger partial charge on any atom is -0.330 e. The number of likely N-dealkylation sites (N-methyl/N-ethyl adjacent to an activating group) is 1. The van der Waals surface area contributed by atoms with E-state index in [0.29, 0.717) is 17.1 Å². The second kappa shape index (κ2) is 6.38. The summed E-state index contributed by atoms with van der Waals surface area (Å²) in [6.07, 6.45) is 0. The zero-order chi connectivity index (χ0) is 20.2. The first-order chi connectivity index (χ1) is 13.3. The van der Waals surface area contributed by atoms with E-state index in [-0.39, 0.29) is 5.91 Å². The minimum atomic E-state index is -0.997. The van der Waals surface area contributed by atoms with Gasteiger partial charge in [0.1, 0.15) is 5.82 Å². The summed E-state index contributed by atoms with van der Waals surface area (Å²) in [5, 5.41) is 0.967. The number of amidine groups is 1. The number of rotatable bonds is 2. The number of urea groups is 1. The fourth-order valence-corrected chi connectivity index (χ4v) is 4.61. The van der Waals surface area contributed by atoms with Crippen LogP contribution < -0.4 is 4.90 Å². The molecule has 8 heteroatoms. The molecule has 0 bridgehead atoms. The van der Waals surface area contributed by atoms with Crippen molar-refractivity contribution in [3.8, 4) is 11.8 Å². The number of benzene rings is 1. The summed E-state index contributed by atoms with van der Waals surface area (Å²) >= 11 is 3.45. The quantitative estimate of drug-likeness (QED) is 0.531. The summed E-state index contributed by atoms with van der Waals surface area (Å²) in [5.74, 6) is 6.07. The van der Waals surface area contributed by atoms with Gasteiger partial charge in [-0.1, -0.05) is 24.1 Å². The van der Waals surface area contributed by atoms with E-state index in [9.17, 15) is 9.59 Å². The number of aryl methyl sites for hydroxylation is 1. The second-order valence-electron chi connectivity index (χ2n) is 7.07. The van der Waals surface area contributed by atoms with Crippen LogP contribution in [0.1, 0.15) is 13.8 Å². The molecule has 0 spiro atoms. The van der Waals surface area contributed by atoms with Crippen LogP contribution >= 0.6 is 15.9 Å². The number of carbonyl (C=O) groups is 2. The van der Waals surface area contributed by atoms with E-state index in [0.717, 1.165) is 10.9 Å². The van der Waals surface area contributed by atoms with Crippen LogP contribution in [0.15, 0.2) is 35.3 Å². The fourth-order valence-electron chi connectivity index (χ4n) is 3.92. The van der Waals surface area contributed by atoms with Gasteiger partial charge in [0.2, 0.25) is 0 Å². The Bertz CT molecular complexity index is 1090. The van der Waals surface area contributed by atoms with Crippen LogP contribution in [0.3, 0.4) is 0 Å². The second-order valence-corrected chi connectivity index (χ2v) is 7.78. The number of aromatic nitrogens is 1. The number of hydrogen-bond acceptors (Lipinski definition) is 4. The Morgan fingerprint density at radius 1 is 1.25 bits per heavy atom. The number of aliphatic imine (C=N–C) groups is 1. The number of hydrogen-bond donors (Lipinski definition) is 0. The zero-order valence-electron chi connectivity index (χ0n) is 16.1. The smallest absolute Gasteiger partial charge is 0.330 e. The Kier molecular flexibility index (Phi) is 4.23. The summed E-state index contributed by atoms with van der Waals surface area (Å²) in [7, 11) is 3.53. The molecule has 0 saturated carbocycles. The molecule has 1 aromatic carbocycles. The normalized spacial score (nSPS) is 24.4. The maximum absolute atomic E-state index is 13.6. The van der Waals surface area contributed by atoms with E-state index >= 15 is 0 Å². The summed E-state index contributed by atoms with van der Waals surface area (Å²) in [6.45, 7) is 3.89. The third-order valence-electron chi connectivity index (χ3n) is 5.58. The first-order valence-corrected chi connectivity index (χ1v) is 9.68.